The number of nitrogens with zero attached hydrogens (tertiary/aromatic N) is 3. The standard InChI is InChI=1S/C18H18BrF3N4O/c1-17(2,27-14-9-8-11(19)10-23-14)16-24-15(26(3)25-16)12-6-4-5-7-13(12)18(20,21)22/h4-10,15H,1-3H3,(H,24,25). The Morgan fingerprint density at radius 1 is 1.15 bits per heavy atom. The highest BCUT2D eigenvalue weighted by Crippen LogP contribution is 2.37. The van der Waals surface area contributed by atoms with E-state index in [4.69, 9.17) is 4.74 Å². The van der Waals surface area contributed by atoms with Crippen LogP contribution >= 0.6 is 15.9 Å². The van der Waals surface area contributed by atoms with E-state index in [1.54, 1.807) is 45.3 Å². The number of aliphatic imine (C=N–C) groups is 1. The van der Waals surface area contributed by atoms with Gasteiger partial charge < -0.3 is 10.2 Å². The third-order valence-electron chi connectivity index (χ3n) is 4.08. The summed E-state index contributed by atoms with van der Waals surface area (Å²) in [5, 5.41) is 1.53. The summed E-state index contributed by atoms with van der Waals surface area (Å²) in [6.07, 6.45) is -3.68. The number of halogens is 4. The quantitative estimate of drug-likeness (QED) is 0.753. The zero-order chi connectivity index (χ0) is 19.8. The molecule has 5 nitrogen and oxygen atoms in total. The summed E-state index contributed by atoms with van der Waals surface area (Å²) in [4.78, 5) is 8.63. The molecule has 2 heterocycles. The van der Waals surface area contributed by atoms with Crippen molar-refractivity contribution >= 4 is 21.8 Å². The number of rotatable bonds is 4. The Hall–Kier alpha value is -2.13. The van der Waals surface area contributed by atoms with Gasteiger partial charge in [0.2, 0.25) is 5.88 Å². The summed E-state index contributed by atoms with van der Waals surface area (Å²) < 4.78 is 46.8. The molecule has 0 bridgehead atoms. The van der Waals surface area contributed by atoms with E-state index in [-0.39, 0.29) is 5.56 Å². The Labute approximate surface area is 163 Å². The third kappa shape index (κ3) is 4.24. The normalized spacial score (nSPS) is 18.2. The molecule has 0 saturated carbocycles. The third-order valence-corrected chi connectivity index (χ3v) is 4.54. The number of hydrogen-bond donors (Lipinski definition) is 1. The molecule has 0 saturated heterocycles. The topological polar surface area (TPSA) is 49.8 Å². The molecule has 27 heavy (non-hydrogen) atoms. The van der Waals surface area contributed by atoms with E-state index in [0.29, 0.717) is 11.7 Å². The number of benzene rings is 1. The lowest BCUT2D eigenvalue weighted by molar-refractivity contribution is -0.138. The molecular formula is C18H18BrF3N4O. The molecule has 0 radical (unpaired) electrons. The maximum atomic E-state index is 13.4. The second-order valence-electron chi connectivity index (χ2n) is 6.59. The molecule has 1 atom stereocenters. The molecular weight excluding hydrogens is 425 g/mol. The van der Waals surface area contributed by atoms with Crippen LogP contribution < -0.4 is 10.2 Å². The highest BCUT2D eigenvalue weighted by atomic mass is 79.9. The molecule has 0 aliphatic carbocycles. The van der Waals surface area contributed by atoms with Gasteiger partial charge in [-0.1, -0.05) is 18.2 Å². The summed E-state index contributed by atoms with van der Waals surface area (Å²) in [5.41, 5.74) is 1.46. The Balaban J connectivity index is 1.90. The van der Waals surface area contributed by atoms with Crippen molar-refractivity contribution < 1.29 is 17.9 Å². The van der Waals surface area contributed by atoms with Gasteiger partial charge in [0.25, 0.3) is 0 Å². The largest absolute Gasteiger partial charge is 0.463 e. The van der Waals surface area contributed by atoms with Crippen LogP contribution in [-0.2, 0) is 6.18 Å². The lowest BCUT2D eigenvalue weighted by Gasteiger charge is -2.26. The number of hydrogen-bond acceptors (Lipinski definition) is 5. The van der Waals surface area contributed by atoms with Crippen molar-refractivity contribution in [2.24, 2.45) is 4.99 Å². The number of nitrogens with one attached hydrogen (secondary N) is 1. The molecule has 1 N–H and O–H groups in total. The van der Waals surface area contributed by atoms with E-state index in [2.05, 4.69) is 31.3 Å². The minimum absolute atomic E-state index is 0.0765. The van der Waals surface area contributed by atoms with E-state index in [1.807, 2.05) is 0 Å². The second-order valence-corrected chi connectivity index (χ2v) is 7.50. The molecule has 0 fully saturated rings. The number of aromatic nitrogens is 1. The molecule has 1 unspecified atom stereocenters. The van der Waals surface area contributed by atoms with Crippen LogP contribution in [0.1, 0.15) is 31.1 Å². The van der Waals surface area contributed by atoms with Crippen LogP contribution in [0.15, 0.2) is 52.1 Å². The van der Waals surface area contributed by atoms with Crippen molar-refractivity contribution in [2.75, 3.05) is 7.05 Å². The van der Waals surface area contributed by atoms with Crippen molar-refractivity contribution in [3.8, 4) is 5.88 Å². The Bertz CT molecular complexity index is 852. The van der Waals surface area contributed by atoms with E-state index in [0.717, 1.165) is 10.5 Å². The Kier molecular flexibility index (Phi) is 5.18. The van der Waals surface area contributed by atoms with Crippen molar-refractivity contribution in [3.63, 3.8) is 0 Å². The van der Waals surface area contributed by atoms with Crippen LogP contribution in [0.5, 0.6) is 5.88 Å². The van der Waals surface area contributed by atoms with Gasteiger partial charge >= 0.3 is 6.18 Å². The summed E-state index contributed by atoms with van der Waals surface area (Å²) in [6, 6.07) is 8.91. The Morgan fingerprint density at radius 2 is 1.85 bits per heavy atom. The zero-order valence-corrected chi connectivity index (χ0v) is 16.5. The van der Waals surface area contributed by atoms with Crippen LogP contribution in [0, 0.1) is 0 Å². The van der Waals surface area contributed by atoms with Gasteiger partial charge in [-0.05, 0) is 41.9 Å². The van der Waals surface area contributed by atoms with Crippen LogP contribution in [0.3, 0.4) is 0 Å². The number of amidine groups is 1. The predicted molar refractivity (Wildman–Crippen MR) is 99.2 cm³/mol. The molecule has 1 aromatic carbocycles. The number of pyridine rings is 1. The summed E-state index contributed by atoms with van der Waals surface area (Å²) in [7, 11) is 1.64. The van der Waals surface area contributed by atoms with Gasteiger partial charge in [0.15, 0.2) is 11.4 Å². The highest BCUT2D eigenvalue weighted by molar-refractivity contribution is 9.10. The minimum atomic E-state index is -4.46. The number of hydrazine groups is 1. The average Bonchev–Trinajstić information content (AvgIpc) is 2.99. The molecule has 144 valence electrons. The van der Waals surface area contributed by atoms with Crippen LogP contribution in [0.2, 0.25) is 0 Å². The van der Waals surface area contributed by atoms with Crippen molar-refractivity contribution in [3.05, 3.63) is 58.2 Å². The van der Waals surface area contributed by atoms with Crippen LogP contribution in [0.25, 0.3) is 0 Å². The van der Waals surface area contributed by atoms with Gasteiger partial charge in [0, 0.05) is 29.3 Å². The minimum Gasteiger partial charge on any atom is -0.463 e. The van der Waals surface area contributed by atoms with E-state index < -0.39 is 23.5 Å². The number of alkyl halides is 3. The van der Waals surface area contributed by atoms with Gasteiger partial charge in [-0.25, -0.2) is 9.98 Å². The first-order chi connectivity index (χ1) is 12.6. The maximum Gasteiger partial charge on any atom is 0.416 e. The maximum absolute atomic E-state index is 13.4. The van der Waals surface area contributed by atoms with Crippen molar-refractivity contribution in [1.29, 1.82) is 0 Å². The van der Waals surface area contributed by atoms with Crippen molar-refractivity contribution in [2.45, 2.75) is 31.8 Å². The van der Waals surface area contributed by atoms with Gasteiger partial charge in [-0.2, -0.15) is 18.2 Å². The monoisotopic (exact) mass is 442 g/mol. The molecule has 0 amide bonds. The van der Waals surface area contributed by atoms with Crippen LogP contribution in [-0.4, -0.2) is 28.5 Å². The second kappa shape index (κ2) is 7.12. The first-order valence-corrected chi connectivity index (χ1v) is 8.92. The summed E-state index contributed by atoms with van der Waals surface area (Å²) >= 11 is 3.30. The summed E-state index contributed by atoms with van der Waals surface area (Å²) in [5.74, 6) is 0.797. The molecule has 1 aromatic heterocycles. The molecule has 0 spiro atoms. The highest BCUT2D eigenvalue weighted by Gasteiger charge is 2.40. The van der Waals surface area contributed by atoms with Gasteiger partial charge in [0.1, 0.15) is 6.17 Å². The molecule has 2 aromatic rings. The zero-order valence-electron chi connectivity index (χ0n) is 14.9. The predicted octanol–water partition coefficient (Wildman–Crippen LogP) is 4.57. The van der Waals surface area contributed by atoms with E-state index in [9.17, 15) is 13.2 Å². The van der Waals surface area contributed by atoms with E-state index >= 15 is 0 Å². The van der Waals surface area contributed by atoms with Gasteiger partial charge in [0.05, 0.1) is 5.56 Å². The van der Waals surface area contributed by atoms with Gasteiger partial charge in [-0.3, -0.25) is 0 Å². The fourth-order valence-electron chi connectivity index (χ4n) is 2.75. The smallest absolute Gasteiger partial charge is 0.416 e. The SMILES string of the molecule is CN1NC(C(C)(C)Oc2ccc(Br)cn2)=NC1c1ccccc1C(F)(F)F. The molecule has 3 rings (SSSR count). The molecule has 9 heteroatoms. The fourth-order valence-corrected chi connectivity index (χ4v) is 2.98. The summed E-state index contributed by atoms with van der Waals surface area (Å²) in [6.45, 7) is 3.54. The molecule has 1 aliphatic heterocycles. The fraction of sp³-hybridized carbons (Fsp3) is 0.333. The van der Waals surface area contributed by atoms with E-state index in [1.165, 1.54) is 17.1 Å². The average molecular weight is 443 g/mol. The number of ether oxygens (including phenoxy) is 1. The first-order valence-electron chi connectivity index (χ1n) is 8.12. The van der Waals surface area contributed by atoms with Crippen molar-refractivity contribution in [1.82, 2.24) is 15.4 Å². The lowest BCUT2D eigenvalue weighted by atomic mass is 10.0. The molecule has 1 aliphatic rings. The first kappa shape index (κ1) is 19.6. The van der Waals surface area contributed by atoms with Crippen LogP contribution in [0.4, 0.5) is 13.2 Å². The lowest BCUT2D eigenvalue weighted by Crippen LogP contribution is -2.48. The Morgan fingerprint density at radius 3 is 2.48 bits per heavy atom. The van der Waals surface area contributed by atoms with Gasteiger partial charge in [-0.15, -0.1) is 0 Å².